The SMILES string of the molecule is FCc1cccc2c1NCCC2. The van der Waals surface area contributed by atoms with Crippen LogP contribution in [0.4, 0.5) is 10.1 Å². The Morgan fingerprint density at radius 2 is 2.33 bits per heavy atom. The molecule has 0 bridgehead atoms. The molecule has 1 aromatic carbocycles. The zero-order chi connectivity index (χ0) is 8.39. The fourth-order valence-electron chi connectivity index (χ4n) is 1.69. The van der Waals surface area contributed by atoms with Gasteiger partial charge in [0, 0.05) is 17.8 Å². The van der Waals surface area contributed by atoms with Gasteiger partial charge >= 0.3 is 0 Å². The molecule has 2 heteroatoms. The molecular weight excluding hydrogens is 153 g/mol. The van der Waals surface area contributed by atoms with Crippen LogP contribution in [0.25, 0.3) is 0 Å². The van der Waals surface area contributed by atoms with Gasteiger partial charge in [0.2, 0.25) is 0 Å². The molecule has 0 fully saturated rings. The minimum Gasteiger partial charge on any atom is -0.385 e. The highest BCUT2D eigenvalue weighted by Crippen LogP contribution is 2.26. The molecule has 0 aromatic heterocycles. The van der Waals surface area contributed by atoms with Crippen molar-refractivity contribution in [3.05, 3.63) is 29.3 Å². The van der Waals surface area contributed by atoms with Gasteiger partial charge in [-0.1, -0.05) is 18.2 Å². The number of hydrogen-bond acceptors (Lipinski definition) is 1. The van der Waals surface area contributed by atoms with Crippen LogP contribution in [0.1, 0.15) is 17.5 Å². The fraction of sp³-hybridized carbons (Fsp3) is 0.400. The number of fused-ring (bicyclic) bond motifs is 1. The van der Waals surface area contributed by atoms with E-state index in [4.69, 9.17) is 0 Å². The van der Waals surface area contributed by atoms with E-state index in [0.717, 1.165) is 30.6 Å². The highest BCUT2D eigenvalue weighted by Gasteiger charge is 2.11. The van der Waals surface area contributed by atoms with Gasteiger partial charge in [0.15, 0.2) is 0 Å². The van der Waals surface area contributed by atoms with Crippen molar-refractivity contribution in [3.8, 4) is 0 Å². The molecule has 1 heterocycles. The number of nitrogens with one attached hydrogen (secondary N) is 1. The van der Waals surface area contributed by atoms with Crippen molar-refractivity contribution in [3.63, 3.8) is 0 Å². The number of alkyl halides is 1. The summed E-state index contributed by atoms with van der Waals surface area (Å²) in [4.78, 5) is 0. The van der Waals surface area contributed by atoms with Crippen molar-refractivity contribution in [2.24, 2.45) is 0 Å². The van der Waals surface area contributed by atoms with E-state index in [0.29, 0.717) is 0 Å². The smallest absolute Gasteiger partial charge is 0.117 e. The standard InChI is InChI=1S/C10H12FN/c11-7-9-4-1-3-8-5-2-6-12-10(8)9/h1,3-4,12H,2,5-7H2. The summed E-state index contributed by atoms with van der Waals surface area (Å²) in [5.74, 6) is 0. The maximum atomic E-state index is 12.5. The molecule has 1 aliphatic rings. The molecule has 0 aliphatic carbocycles. The molecule has 0 atom stereocenters. The second-order valence-corrected chi connectivity index (χ2v) is 3.12. The van der Waals surface area contributed by atoms with Crippen LogP contribution in [0.3, 0.4) is 0 Å². The van der Waals surface area contributed by atoms with Gasteiger partial charge in [-0.15, -0.1) is 0 Å². The minimum absolute atomic E-state index is 0.365. The molecule has 0 radical (unpaired) electrons. The molecule has 2 rings (SSSR count). The summed E-state index contributed by atoms with van der Waals surface area (Å²) in [5.41, 5.74) is 3.09. The maximum Gasteiger partial charge on any atom is 0.117 e. The Kier molecular flexibility index (Phi) is 1.98. The van der Waals surface area contributed by atoms with E-state index >= 15 is 0 Å². The molecule has 12 heavy (non-hydrogen) atoms. The summed E-state index contributed by atoms with van der Waals surface area (Å²) in [6.45, 7) is 0.611. The minimum atomic E-state index is -0.365. The number of aryl methyl sites for hydroxylation is 1. The Balaban J connectivity index is 2.44. The molecule has 1 aliphatic heterocycles. The van der Waals surface area contributed by atoms with E-state index in [1.807, 2.05) is 12.1 Å². The van der Waals surface area contributed by atoms with Gasteiger partial charge in [-0.2, -0.15) is 0 Å². The molecule has 64 valence electrons. The van der Waals surface area contributed by atoms with Gasteiger partial charge in [-0.25, -0.2) is 4.39 Å². The Labute approximate surface area is 71.6 Å². The third-order valence-corrected chi connectivity index (χ3v) is 2.31. The average molecular weight is 165 g/mol. The van der Waals surface area contributed by atoms with Crippen LogP contribution in [-0.2, 0) is 13.1 Å². The van der Waals surface area contributed by atoms with Crippen LogP contribution in [0.15, 0.2) is 18.2 Å². The first-order chi connectivity index (χ1) is 5.92. The van der Waals surface area contributed by atoms with Gasteiger partial charge in [-0.05, 0) is 18.4 Å². The predicted molar refractivity (Wildman–Crippen MR) is 48.1 cm³/mol. The summed E-state index contributed by atoms with van der Waals surface area (Å²) < 4.78 is 12.5. The van der Waals surface area contributed by atoms with Crippen molar-refractivity contribution >= 4 is 5.69 Å². The number of hydrogen-bond donors (Lipinski definition) is 1. The van der Waals surface area contributed by atoms with Crippen LogP contribution in [0, 0.1) is 0 Å². The molecule has 1 nitrogen and oxygen atoms in total. The van der Waals surface area contributed by atoms with E-state index in [1.165, 1.54) is 5.56 Å². The Bertz CT molecular complexity index is 269. The van der Waals surface area contributed by atoms with E-state index < -0.39 is 0 Å². The number of rotatable bonds is 1. The lowest BCUT2D eigenvalue weighted by Crippen LogP contribution is -2.13. The summed E-state index contributed by atoms with van der Waals surface area (Å²) in [6.07, 6.45) is 2.24. The normalized spacial score (nSPS) is 15.1. The van der Waals surface area contributed by atoms with Crippen LogP contribution >= 0.6 is 0 Å². The maximum absolute atomic E-state index is 12.5. The third-order valence-electron chi connectivity index (χ3n) is 2.31. The van der Waals surface area contributed by atoms with Crippen LogP contribution in [0.5, 0.6) is 0 Å². The Morgan fingerprint density at radius 3 is 3.17 bits per heavy atom. The Hall–Kier alpha value is -1.05. The predicted octanol–water partition coefficient (Wildman–Crippen LogP) is 2.51. The van der Waals surface area contributed by atoms with Crippen molar-refractivity contribution in [1.29, 1.82) is 0 Å². The molecule has 1 aromatic rings. The number of benzene rings is 1. The number of halogens is 1. The highest BCUT2D eigenvalue weighted by atomic mass is 19.1. The van der Waals surface area contributed by atoms with Gasteiger partial charge in [-0.3, -0.25) is 0 Å². The van der Waals surface area contributed by atoms with Gasteiger partial charge in [0.05, 0.1) is 0 Å². The molecule has 0 spiro atoms. The van der Waals surface area contributed by atoms with Crippen LogP contribution in [-0.4, -0.2) is 6.54 Å². The van der Waals surface area contributed by atoms with E-state index in [2.05, 4.69) is 11.4 Å². The summed E-state index contributed by atoms with van der Waals surface area (Å²) in [7, 11) is 0. The van der Waals surface area contributed by atoms with Crippen LogP contribution < -0.4 is 5.32 Å². The lowest BCUT2D eigenvalue weighted by Gasteiger charge is -2.19. The molecular formula is C10H12FN. The lowest BCUT2D eigenvalue weighted by molar-refractivity contribution is 0.485. The highest BCUT2D eigenvalue weighted by molar-refractivity contribution is 5.58. The van der Waals surface area contributed by atoms with Crippen LogP contribution in [0.2, 0.25) is 0 Å². The zero-order valence-electron chi connectivity index (χ0n) is 6.94. The van der Waals surface area contributed by atoms with E-state index in [1.54, 1.807) is 0 Å². The molecule has 0 unspecified atom stereocenters. The zero-order valence-corrected chi connectivity index (χ0v) is 6.94. The van der Waals surface area contributed by atoms with Gasteiger partial charge in [0.1, 0.15) is 6.67 Å². The molecule has 0 amide bonds. The average Bonchev–Trinajstić information content (AvgIpc) is 2.17. The summed E-state index contributed by atoms with van der Waals surface area (Å²) in [6, 6.07) is 5.85. The Morgan fingerprint density at radius 1 is 1.42 bits per heavy atom. The molecule has 0 saturated heterocycles. The van der Waals surface area contributed by atoms with Crippen molar-refractivity contribution in [2.45, 2.75) is 19.5 Å². The largest absolute Gasteiger partial charge is 0.385 e. The third kappa shape index (κ3) is 1.17. The van der Waals surface area contributed by atoms with E-state index in [-0.39, 0.29) is 6.67 Å². The first-order valence-corrected chi connectivity index (χ1v) is 4.32. The van der Waals surface area contributed by atoms with Gasteiger partial charge < -0.3 is 5.32 Å². The number of para-hydroxylation sites is 1. The van der Waals surface area contributed by atoms with E-state index in [9.17, 15) is 4.39 Å². The molecule has 1 N–H and O–H groups in total. The summed E-state index contributed by atoms with van der Waals surface area (Å²) >= 11 is 0. The van der Waals surface area contributed by atoms with Crippen molar-refractivity contribution < 1.29 is 4.39 Å². The fourth-order valence-corrected chi connectivity index (χ4v) is 1.69. The van der Waals surface area contributed by atoms with Crippen molar-refractivity contribution in [1.82, 2.24) is 0 Å². The first-order valence-electron chi connectivity index (χ1n) is 4.32. The number of anilines is 1. The van der Waals surface area contributed by atoms with Crippen molar-refractivity contribution in [2.75, 3.05) is 11.9 Å². The monoisotopic (exact) mass is 165 g/mol. The first kappa shape index (κ1) is 7.59. The van der Waals surface area contributed by atoms with Gasteiger partial charge in [0.25, 0.3) is 0 Å². The lowest BCUT2D eigenvalue weighted by atomic mass is 10.0. The summed E-state index contributed by atoms with van der Waals surface area (Å²) in [5, 5.41) is 3.24. The topological polar surface area (TPSA) is 12.0 Å². The second kappa shape index (κ2) is 3.13. The second-order valence-electron chi connectivity index (χ2n) is 3.12. The molecule has 0 saturated carbocycles. The quantitative estimate of drug-likeness (QED) is 0.674.